The number of hydrogen-bond donors (Lipinski definition) is 2. The molecule has 7 heteroatoms. The maximum Gasteiger partial charge on any atom is 0.279 e. The second-order valence-corrected chi connectivity index (χ2v) is 10.2. The van der Waals surface area contributed by atoms with Gasteiger partial charge in [0.15, 0.2) is 6.54 Å². The van der Waals surface area contributed by atoms with E-state index >= 15 is 0 Å². The van der Waals surface area contributed by atoms with Crippen molar-refractivity contribution in [3.05, 3.63) is 24.3 Å². The largest absolute Gasteiger partial charge is 0.327 e. The minimum Gasteiger partial charge on any atom is -0.327 e. The molecule has 0 bridgehead atoms. The summed E-state index contributed by atoms with van der Waals surface area (Å²) in [6.45, 7) is 8.04. The number of nitrogens with zero attached hydrogens (tertiary/aromatic N) is 1. The Morgan fingerprint density at radius 2 is 1.85 bits per heavy atom. The summed E-state index contributed by atoms with van der Waals surface area (Å²) in [6.07, 6.45) is 4.41. The minimum absolute atomic E-state index is 0.0143. The summed E-state index contributed by atoms with van der Waals surface area (Å²) < 4.78 is 27.2. The van der Waals surface area contributed by atoms with Gasteiger partial charge in [0.1, 0.15) is 0 Å². The molecule has 3 rings (SSSR count). The number of carbonyl (C=O) groups is 1. The van der Waals surface area contributed by atoms with E-state index in [1.165, 1.54) is 17.7 Å². The van der Waals surface area contributed by atoms with Crippen molar-refractivity contribution in [1.29, 1.82) is 0 Å². The maximum absolute atomic E-state index is 12.8. The standard InChI is InChI=1S/C20H31N3O3S/c1-16-5-3-11-22(13-16)15-20(24)21-18-7-9-19(10-8-18)27(25,26)23-12-4-6-17(2)14-23/h7-10,16-17H,3-6,11-15H2,1-2H3,(H,21,24)/p+1/t16-,17-/m0/s1. The fourth-order valence-electron chi connectivity index (χ4n) is 4.21. The van der Waals surface area contributed by atoms with Crippen molar-refractivity contribution in [1.82, 2.24) is 4.31 Å². The SMILES string of the molecule is C[C@H]1CCCN(S(=O)(=O)c2ccc(NC(=O)C[NH+]3CCC[C@H](C)C3)cc2)C1. The minimum atomic E-state index is -3.45. The van der Waals surface area contributed by atoms with Crippen LogP contribution in [0.3, 0.4) is 0 Å². The van der Waals surface area contributed by atoms with Gasteiger partial charge in [-0.05, 0) is 55.9 Å². The van der Waals surface area contributed by atoms with Crippen LogP contribution < -0.4 is 10.2 Å². The summed E-state index contributed by atoms with van der Waals surface area (Å²) in [7, 11) is -3.45. The van der Waals surface area contributed by atoms with Gasteiger partial charge in [0.2, 0.25) is 10.0 Å². The van der Waals surface area contributed by atoms with E-state index in [1.54, 1.807) is 28.6 Å². The highest BCUT2D eigenvalue weighted by atomic mass is 32.2. The number of piperidine rings is 2. The summed E-state index contributed by atoms with van der Waals surface area (Å²) in [5.41, 5.74) is 0.649. The molecule has 2 heterocycles. The Balaban J connectivity index is 1.58. The fraction of sp³-hybridized carbons (Fsp3) is 0.650. The van der Waals surface area contributed by atoms with Crippen LogP contribution in [0.5, 0.6) is 0 Å². The van der Waals surface area contributed by atoms with Crippen molar-refractivity contribution in [3.8, 4) is 0 Å². The molecule has 1 aromatic carbocycles. The molecule has 1 unspecified atom stereocenters. The molecular weight excluding hydrogens is 362 g/mol. The van der Waals surface area contributed by atoms with Gasteiger partial charge in [0, 0.05) is 24.7 Å². The number of anilines is 1. The van der Waals surface area contributed by atoms with Gasteiger partial charge in [-0.1, -0.05) is 13.8 Å². The highest BCUT2D eigenvalue weighted by molar-refractivity contribution is 7.89. The van der Waals surface area contributed by atoms with Gasteiger partial charge >= 0.3 is 0 Å². The average molecular weight is 395 g/mol. The molecule has 0 saturated carbocycles. The number of likely N-dealkylation sites (tertiary alicyclic amines) is 1. The molecule has 0 radical (unpaired) electrons. The van der Waals surface area contributed by atoms with Gasteiger partial charge in [0.05, 0.1) is 18.0 Å². The smallest absolute Gasteiger partial charge is 0.279 e. The lowest BCUT2D eigenvalue weighted by atomic mass is 10.0. The third kappa shape index (κ3) is 5.30. The Kier molecular flexibility index (Phi) is 6.55. The van der Waals surface area contributed by atoms with Gasteiger partial charge in [0.25, 0.3) is 5.91 Å². The van der Waals surface area contributed by atoms with Crippen LogP contribution >= 0.6 is 0 Å². The molecule has 2 aliphatic rings. The van der Waals surface area contributed by atoms with Crippen LogP contribution in [0.2, 0.25) is 0 Å². The molecule has 150 valence electrons. The Bertz CT molecular complexity index is 748. The summed E-state index contributed by atoms with van der Waals surface area (Å²) in [4.78, 5) is 13.9. The van der Waals surface area contributed by atoms with Crippen LogP contribution in [0.4, 0.5) is 5.69 Å². The first-order chi connectivity index (χ1) is 12.8. The monoisotopic (exact) mass is 394 g/mol. The average Bonchev–Trinajstić information content (AvgIpc) is 2.62. The van der Waals surface area contributed by atoms with Gasteiger partial charge in [-0.3, -0.25) is 4.79 Å². The highest BCUT2D eigenvalue weighted by Gasteiger charge is 2.28. The molecule has 2 aliphatic heterocycles. The number of carbonyl (C=O) groups excluding carboxylic acids is 1. The molecule has 1 amide bonds. The lowest BCUT2D eigenvalue weighted by Crippen LogP contribution is -3.14. The zero-order valence-corrected chi connectivity index (χ0v) is 17.2. The number of amides is 1. The zero-order chi connectivity index (χ0) is 19.4. The zero-order valence-electron chi connectivity index (χ0n) is 16.4. The van der Waals surface area contributed by atoms with E-state index in [-0.39, 0.29) is 5.91 Å². The van der Waals surface area contributed by atoms with Crippen LogP contribution in [0.15, 0.2) is 29.2 Å². The lowest BCUT2D eigenvalue weighted by Gasteiger charge is -2.30. The molecule has 0 aliphatic carbocycles. The fourth-order valence-corrected chi connectivity index (χ4v) is 5.81. The molecule has 2 fully saturated rings. The van der Waals surface area contributed by atoms with E-state index in [0.717, 1.165) is 25.9 Å². The summed E-state index contributed by atoms with van der Waals surface area (Å²) in [5, 5.41) is 2.90. The lowest BCUT2D eigenvalue weighted by molar-refractivity contribution is -0.900. The van der Waals surface area contributed by atoms with Crippen LogP contribution in [-0.2, 0) is 14.8 Å². The number of rotatable bonds is 5. The molecule has 1 aromatic rings. The van der Waals surface area contributed by atoms with Crippen LogP contribution in [0, 0.1) is 11.8 Å². The van der Waals surface area contributed by atoms with Crippen molar-refractivity contribution in [2.75, 3.05) is 38.0 Å². The summed E-state index contributed by atoms with van der Waals surface area (Å²) >= 11 is 0. The van der Waals surface area contributed by atoms with Crippen molar-refractivity contribution < 1.29 is 18.1 Å². The second kappa shape index (κ2) is 8.71. The predicted octanol–water partition coefficient (Wildman–Crippen LogP) is 1.36. The van der Waals surface area contributed by atoms with E-state index in [9.17, 15) is 13.2 Å². The molecule has 27 heavy (non-hydrogen) atoms. The van der Waals surface area contributed by atoms with E-state index < -0.39 is 10.0 Å². The Hall–Kier alpha value is -1.44. The third-order valence-corrected chi connectivity index (χ3v) is 7.55. The Morgan fingerprint density at radius 1 is 1.15 bits per heavy atom. The van der Waals surface area contributed by atoms with Crippen molar-refractivity contribution in [2.24, 2.45) is 11.8 Å². The number of sulfonamides is 1. The molecular formula is C20H32N3O3S+. The second-order valence-electron chi connectivity index (χ2n) is 8.31. The first kappa shape index (κ1) is 20.3. The number of hydrogen-bond acceptors (Lipinski definition) is 3. The number of quaternary nitrogens is 1. The van der Waals surface area contributed by atoms with Gasteiger partial charge in [-0.15, -0.1) is 0 Å². The Labute approximate surface area is 163 Å². The Morgan fingerprint density at radius 3 is 2.52 bits per heavy atom. The summed E-state index contributed by atoms with van der Waals surface area (Å²) in [5.74, 6) is 1.05. The van der Waals surface area contributed by atoms with Crippen molar-refractivity contribution in [2.45, 2.75) is 44.4 Å². The first-order valence-corrected chi connectivity index (χ1v) is 11.5. The van der Waals surface area contributed by atoms with Gasteiger partial charge < -0.3 is 10.2 Å². The number of nitrogens with one attached hydrogen (secondary N) is 2. The van der Waals surface area contributed by atoms with Gasteiger partial charge in [-0.2, -0.15) is 4.31 Å². The van der Waals surface area contributed by atoms with Crippen molar-refractivity contribution in [3.63, 3.8) is 0 Å². The van der Waals surface area contributed by atoms with Crippen LogP contribution in [0.1, 0.15) is 39.5 Å². The topological polar surface area (TPSA) is 70.9 Å². The number of benzene rings is 1. The molecule has 3 atom stereocenters. The first-order valence-electron chi connectivity index (χ1n) is 10.1. The van der Waals surface area contributed by atoms with E-state index in [0.29, 0.717) is 42.1 Å². The predicted molar refractivity (Wildman–Crippen MR) is 106 cm³/mol. The summed E-state index contributed by atoms with van der Waals surface area (Å²) in [6, 6.07) is 6.57. The van der Waals surface area contributed by atoms with Crippen LogP contribution in [-0.4, -0.2) is 51.4 Å². The maximum atomic E-state index is 12.8. The van der Waals surface area contributed by atoms with Crippen LogP contribution in [0.25, 0.3) is 0 Å². The normalized spacial score (nSPS) is 27.3. The molecule has 0 spiro atoms. The third-order valence-electron chi connectivity index (χ3n) is 5.67. The van der Waals surface area contributed by atoms with E-state index in [2.05, 4.69) is 19.2 Å². The molecule has 2 saturated heterocycles. The molecule has 0 aromatic heterocycles. The quantitative estimate of drug-likeness (QED) is 0.792. The van der Waals surface area contributed by atoms with E-state index in [4.69, 9.17) is 0 Å². The highest BCUT2D eigenvalue weighted by Crippen LogP contribution is 2.24. The molecule has 6 nitrogen and oxygen atoms in total. The van der Waals surface area contributed by atoms with Gasteiger partial charge in [-0.25, -0.2) is 8.42 Å². The van der Waals surface area contributed by atoms with E-state index in [1.807, 2.05) is 0 Å². The molecule has 2 N–H and O–H groups in total. The van der Waals surface area contributed by atoms with Crippen molar-refractivity contribution >= 4 is 21.6 Å².